The maximum atomic E-state index is 9.31. The van der Waals surface area contributed by atoms with Crippen LogP contribution in [0.3, 0.4) is 0 Å². The molecule has 2 aliphatic rings. The number of aliphatic hydroxyl groups excluding tert-OH is 1. The van der Waals surface area contributed by atoms with E-state index in [0.717, 1.165) is 50.3 Å². The summed E-state index contributed by atoms with van der Waals surface area (Å²) < 4.78 is 0. The lowest BCUT2D eigenvalue weighted by molar-refractivity contribution is 0.203. The van der Waals surface area contributed by atoms with Gasteiger partial charge in [0.1, 0.15) is 0 Å². The van der Waals surface area contributed by atoms with Gasteiger partial charge in [0.05, 0.1) is 6.54 Å². The summed E-state index contributed by atoms with van der Waals surface area (Å²) in [6.07, 6.45) is 5.97. The largest absolute Gasteiger partial charge is 0.396 e. The van der Waals surface area contributed by atoms with E-state index in [1.54, 1.807) is 0 Å². The molecule has 2 fully saturated rings. The van der Waals surface area contributed by atoms with Crippen LogP contribution in [-0.4, -0.2) is 43.3 Å². The van der Waals surface area contributed by atoms with E-state index in [0.29, 0.717) is 25.1 Å². The lowest BCUT2D eigenvalue weighted by atomic mass is 9.80. The van der Waals surface area contributed by atoms with Crippen LogP contribution in [0, 0.1) is 17.8 Å². The molecule has 0 aromatic heterocycles. The van der Waals surface area contributed by atoms with E-state index in [9.17, 15) is 5.11 Å². The normalized spacial score (nSPS) is 26.4. The Balaban J connectivity index is 1.55. The molecule has 162 valence electrons. The van der Waals surface area contributed by atoms with Gasteiger partial charge in [-0.25, -0.2) is 4.99 Å². The first-order valence-corrected chi connectivity index (χ1v) is 11.6. The highest BCUT2D eigenvalue weighted by molar-refractivity contribution is 5.80. The van der Waals surface area contributed by atoms with Gasteiger partial charge in [0.2, 0.25) is 0 Å². The number of anilines is 1. The average molecular weight is 401 g/mol. The number of guanidine groups is 1. The number of rotatable bonds is 6. The third kappa shape index (κ3) is 6.63. The number of aliphatic hydroxyl groups is 1. The van der Waals surface area contributed by atoms with Crippen LogP contribution >= 0.6 is 0 Å². The predicted octanol–water partition coefficient (Wildman–Crippen LogP) is 3.78. The van der Waals surface area contributed by atoms with E-state index in [4.69, 9.17) is 4.99 Å². The van der Waals surface area contributed by atoms with Gasteiger partial charge < -0.3 is 20.6 Å². The second-order valence-corrected chi connectivity index (χ2v) is 9.23. The third-order valence-electron chi connectivity index (χ3n) is 6.46. The Hall–Kier alpha value is -1.75. The summed E-state index contributed by atoms with van der Waals surface area (Å²) in [6, 6.07) is 9.36. The molecule has 2 unspecified atom stereocenters. The first kappa shape index (κ1) is 21.9. The second kappa shape index (κ2) is 10.9. The van der Waals surface area contributed by atoms with Gasteiger partial charge in [-0.05, 0) is 74.5 Å². The quantitative estimate of drug-likeness (QED) is 0.502. The molecular weight excluding hydrogens is 360 g/mol. The van der Waals surface area contributed by atoms with Gasteiger partial charge in [0.25, 0.3) is 0 Å². The van der Waals surface area contributed by atoms with Crippen LogP contribution < -0.4 is 15.5 Å². The summed E-state index contributed by atoms with van der Waals surface area (Å²) in [5.41, 5.74) is 2.52. The highest BCUT2D eigenvalue weighted by atomic mass is 16.3. The Bertz CT molecular complexity index is 627. The summed E-state index contributed by atoms with van der Waals surface area (Å²) in [4.78, 5) is 7.27. The van der Waals surface area contributed by atoms with Crippen LogP contribution in [0.1, 0.15) is 58.4 Å². The third-order valence-corrected chi connectivity index (χ3v) is 6.46. The Kier molecular flexibility index (Phi) is 8.22. The topological polar surface area (TPSA) is 59.9 Å². The highest BCUT2D eigenvalue weighted by Gasteiger charge is 2.24. The molecule has 1 aliphatic heterocycles. The summed E-state index contributed by atoms with van der Waals surface area (Å²) in [5, 5.41) is 16.4. The molecule has 1 aromatic carbocycles. The van der Waals surface area contributed by atoms with Crippen molar-refractivity contribution in [2.45, 2.75) is 65.5 Å². The second-order valence-electron chi connectivity index (χ2n) is 9.23. The Labute approximate surface area is 177 Å². The fourth-order valence-electron chi connectivity index (χ4n) is 4.93. The van der Waals surface area contributed by atoms with E-state index < -0.39 is 0 Å². The highest BCUT2D eigenvalue weighted by Crippen LogP contribution is 2.28. The number of benzene rings is 1. The van der Waals surface area contributed by atoms with Crippen molar-refractivity contribution in [3.8, 4) is 0 Å². The fraction of sp³-hybridized carbons (Fsp3) is 0.708. The molecule has 5 heteroatoms. The molecule has 0 amide bonds. The number of nitrogens with zero attached hydrogens (tertiary/aromatic N) is 2. The molecule has 0 radical (unpaired) electrons. The van der Waals surface area contributed by atoms with Crippen molar-refractivity contribution in [3.63, 3.8) is 0 Å². The average Bonchev–Trinajstić information content (AvgIpc) is 2.72. The van der Waals surface area contributed by atoms with Gasteiger partial charge >= 0.3 is 0 Å². The Morgan fingerprint density at radius 3 is 2.31 bits per heavy atom. The smallest absolute Gasteiger partial charge is 0.191 e. The van der Waals surface area contributed by atoms with Crippen molar-refractivity contribution in [1.82, 2.24) is 10.6 Å². The molecule has 3 rings (SSSR count). The summed E-state index contributed by atoms with van der Waals surface area (Å²) in [6.45, 7) is 10.8. The van der Waals surface area contributed by atoms with Crippen molar-refractivity contribution < 1.29 is 5.11 Å². The molecule has 5 nitrogen and oxygen atoms in total. The maximum Gasteiger partial charge on any atom is 0.191 e. The lowest BCUT2D eigenvalue weighted by Gasteiger charge is -2.33. The van der Waals surface area contributed by atoms with Crippen LogP contribution in [0.5, 0.6) is 0 Å². The van der Waals surface area contributed by atoms with E-state index in [1.807, 2.05) is 0 Å². The molecule has 1 saturated carbocycles. The van der Waals surface area contributed by atoms with Gasteiger partial charge in [-0.3, -0.25) is 0 Å². The number of aliphatic imine (C=N–C) groups is 1. The van der Waals surface area contributed by atoms with E-state index in [1.165, 1.54) is 30.5 Å². The zero-order chi connectivity index (χ0) is 20.6. The van der Waals surface area contributed by atoms with Crippen LogP contribution in [-0.2, 0) is 6.54 Å². The summed E-state index contributed by atoms with van der Waals surface area (Å²) in [7, 11) is 0. The molecule has 0 bridgehead atoms. The van der Waals surface area contributed by atoms with Crippen LogP contribution in [0.4, 0.5) is 5.69 Å². The minimum absolute atomic E-state index is 0.325. The van der Waals surface area contributed by atoms with Crippen LogP contribution in [0.25, 0.3) is 0 Å². The van der Waals surface area contributed by atoms with Crippen molar-refractivity contribution in [3.05, 3.63) is 29.8 Å². The van der Waals surface area contributed by atoms with Crippen molar-refractivity contribution >= 4 is 11.6 Å². The van der Waals surface area contributed by atoms with Gasteiger partial charge in [-0.2, -0.15) is 0 Å². The number of nitrogens with one attached hydrogen (secondary N) is 2. The lowest BCUT2D eigenvalue weighted by Crippen LogP contribution is -2.46. The molecule has 0 spiro atoms. The van der Waals surface area contributed by atoms with Crippen LogP contribution in [0.2, 0.25) is 0 Å². The van der Waals surface area contributed by atoms with Crippen molar-refractivity contribution in [2.75, 3.05) is 31.1 Å². The number of hydrogen-bond donors (Lipinski definition) is 3. The number of piperidine rings is 1. The predicted molar refractivity (Wildman–Crippen MR) is 122 cm³/mol. The van der Waals surface area contributed by atoms with Crippen LogP contribution in [0.15, 0.2) is 29.3 Å². The minimum atomic E-state index is 0.325. The Morgan fingerprint density at radius 2 is 1.72 bits per heavy atom. The van der Waals surface area contributed by atoms with Gasteiger partial charge in [0.15, 0.2) is 5.96 Å². The fourth-order valence-corrected chi connectivity index (χ4v) is 4.93. The molecular formula is C24H40N4O. The standard InChI is InChI=1S/C24H40N4O/c1-4-25-24(27-22-14-18(2)13-19(3)15-22)26-16-20-5-7-23(8-6-20)28-11-9-21(17-29)10-12-28/h5-8,18-19,21-22,29H,4,9-17H2,1-3H3,(H2,25,26,27). The molecule has 1 aromatic rings. The molecule has 1 aliphatic carbocycles. The van der Waals surface area contributed by atoms with Gasteiger partial charge in [-0.1, -0.05) is 26.0 Å². The summed E-state index contributed by atoms with van der Waals surface area (Å²) >= 11 is 0. The number of hydrogen-bond acceptors (Lipinski definition) is 3. The van der Waals surface area contributed by atoms with E-state index in [2.05, 4.69) is 60.6 Å². The summed E-state index contributed by atoms with van der Waals surface area (Å²) in [5.74, 6) is 2.99. The Morgan fingerprint density at radius 1 is 1.07 bits per heavy atom. The SMILES string of the molecule is CCNC(=NCc1ccc(N2CCC(CO)CC2)cc1)NC1CC(C)CC(C)C1. The van der Waals surface area contributed by atoms with Crippen molar-refractivity contribution in [2.24, 2.45) is 22.7 Å². The maximum absolute atomic E-state index is 9.31. The van der Waals surface area contributed by atoms with Gasteiger partial charge in [0, 0.05) is 38.0 Å². The zero-order valence-electron chi connectivity index (χ0n) is 18.5. The van der Waals surface area contributed by atoms with E-state index in [-0.39, 0.29) is 0 Å². The van der Waals surface area contributed by atoms with Gasteiger partial charge in [-0.15, -0.1) is 0 Å². The first-order valence-electron chi connectivity index (χ1n) is 11.6. The first-order chi connectivity index (χ1) is 14.1. The molecule has 1 saturated heterocycles. The zero-order valence-corrected chi connectivity index (χ0v) is 18.5. The monoisotopic (exact) mass is 400 g/mol. The molecule has 3 N–H and O–H groups in total. The van der Waals surface area contributed by atoms with Crippen molar-refractivity contribution in [1.29, 1.82) is 0 Å². The molecule has 29 heavy (non-hydrogen) atoms. The molecule has 2 atom stereocenters. The minimum Gasteiger partial charge on any atom is -0.396 e. The van der Waals surface area contributed by atoms with E-state index >= 15 is 0 Å². The molecule has 1 heterocycles.